The van der Waals surface area contributed by atoms with Crippen LogP contribution in [0.1, 0.15) is 10.4 Å². The fourth-order valence-corrected chi connectivity index (χ4v) is 2.36. The molecule has 134 valence electrons. The summed E-state index contributed by atoms with van der Waals surface area (Å²) in [6.07, 6.45) is 0. The molecule has 0 aliphatic heterocycles. The molecule has 0 saturated carbocycles. The molecule has 0 aliphatic carbocycles. The number of hydrogen-bond acceptors (Lipinski definition) is 6. The molecule has 8 nitrogen and oxygen atoms in total. The first-order valence-electron chi connectivity index (χ1n) is 7.78. The lowest BCUT2D eigenvalue weighted by Crippen LogP contribution is -2.43. The Morgan fingerprint density at radius 3 is 2.44 bits per heavy atom. The van der Waals surface area contributed by atoms with Gasteiger partial charge in [-0.15, -0.1) is 0 Å². The first-order valence-corrected chi connectivity index (χ1v) is 7.78. The highest BCUT2D eigenvalue weighted by atomic mass is 16.5. The number of hydrogen-bond donors (Lipinski definition) is 1. The van der Waals surface area contributed by atoms with E-state index in [0.29, 0.717) is 13.2 Å². The van der Waals surface area contributed by atoms with Gasteiger partial charge < -0.3 is 10.5 Å². The monoisotopic (exact) mass is 346 g/mol. The number of anilines is 1. The summed E-state index contributed by atoms with van der Waals surface area (Å²) in [5.74, 6) is 0.196. The molecule has 2 N–H and O–H groups in total. The number of nitrogens with two attached hydrogens (primary N) is 1. The molecule has 0 amide bonds. The minimum absolute atomic E-state index is 0.00417. The van der Waals surface area contributed by atoms with Crippen molar-refractivity contribution in [3.05, 3.63) is 56.7 Å². The second-order valence-electron chi connectivity index (χ2n) is 5.79. The molecule has 0 aliphatic rings. The highest BCUT2D eigenvalue weighted by Crippen LogP contribution is 2.08. The van der Waals surface area contributed by atoms with Crippen molar-refractivity contribution in [2.45, 2.75) is 0 Å². The van der Waals surface area contributed by atoms with E-state index in [1.54, 1.807) is 11.9 Å². The molecule has 2 rings (SSSR count). The fraction of sp³-hybridized carbons (Fsp3) is 0.353. The number of ketones is 1. The second kappa shape index (κ2) is 7.80. The fourth-order valence-electron chi connectivity index (χ4n) is 2.36. The van der Waals surface area contributed by atoms with E-state index in [1.807, 2.05) is 30.3 Å². The summed E-state index contributed by atoms with van der Waals surface area (Å²) in [6.45, 7) is 0.886. The molecule has 0 fully saturated rings. The zero-order valence-corrected chi connectivity index (χ0v) is 14.6. The third kappa shape index (κ3) is 4.16. The number of Topliss-reactive ketones (excluding diaryl/α,β-unsaturated/α-hetero) is 1. The second-order valence-corrected chi connectivity index (χ2v) is 5.79. The van der Waals surface area contributed by atoms with Gasteiger partial charge in [0.1, 0.15) is 23.7 Å². The van der Waals surface area contributed by atoms with Gasteiger partial charge in [0.2, 0.25) is 0 Å². The lowest BCUT2D eigenvalue weighted by Gasteiger charge is -2.17. The van der Waals surface area contributed by atoms with Crippen LogP contribution in [0.15, 0.2) is 39.9 Å². The highest BCUT2D eigenvalue weighted by Gasteiger charge is 2.21. The molecule has 0 atom stereocenters. The van der Waals surface area contributed by atoms with E-state index in [4.69, 9.17) is 10.5 Å². The Hall–Kier alpha value is -2.87. The van der Waals surface area contributed by atoms with Gasteiger partial charge in [0, 0.05) is 20.6 Å². The van der Waals surface area contributed by atoms with Crippen LogP contribution in [0.25, 0.3) is 0 Å². The van der Waals surface area contributed by atoms with Gasteiger partial charge in [-0.05, 0) is 19.2 Å². The number of aromatic nitrogens is 2. The lowest BCUT2D eigenvalue weighted by atomic mass is 10.2. The maximum Gasteiger partial charge on any atom is 0.332 e. The number of nitrogens with zero attached hydrogens (tertiary/aromatic N) is 3. The third-order valence-corrected chi connectivity index (χ3v) is 3.89. The first-order chi connectivity index (χ1) is 11.8. The lowest BCUT2D eigenvalue weighted by molar-refractivity contribution is 0.0936. The summed E-state index contributed by atoms with van der Waals surface area (Å²) >= 11 is 0. The van der Waals surface area contributed by atoms with Gasteiger partial charge in [-0.1, -0.05) is 18.2 Å². The Bertz CT molecular complexity index is 871. The van der Waals surface area contributed by atoms with Gasteiger partial charge in [0.05, 0.1) is 6.54 Å². The zero-order chi connectivity index (χ0) is 18.6. The van der Waals surface area contributed by atoms with Crippen LogP contribution in [0.2, 0.25) is 0 Å². The quantitative estimate of drug-likeness (QED) is 0.701. The van der Waals surface area contributed by atoms with Gasteiger partial charge in [-0.2, -0.15) is 0 Å². The average molecular weight is 346 g/mol. The van der Waals surface area contributed by atoms with Crippen molar-refractivity contribution in [3.63, 3.8) is 0 Å². The van der Waals surface area contributed by atoms with Gasteiger partial charge in [-0.3, -0.25) is 23.6 Å². The van der Waals surface area contributed by atoms with E-state index >= 15 is 0 Å². The van der Waals surface area contributed by atoms with Gasteiger partial charge >= 0.3 is 5.69 Å². The standard InChI is InChI=1S/C17H22N4O4/c1-19(9-10-25-12-7-5-4-6-8-12)11-13(22)14-15(18)20(2)17(24)21(3)16(14)23/h4-8H,9-11,18H2,1-3H3. The Morgan fingerprint density at radius 1 is 1.16 bits per heavy atom. The Balaban J connectivity index is 2.02. The first kappa shape index (κ1) is 18.5. The molecule has 0 radical (unpaired) electrons. The molecule has 2 aromatic rings. The van der Waals surface area contributed by atoms with Crippen LogP contribution in [-0.4, -0.2) is 46.6 Å². The molecule has 1 aromatic heterocycles. The van der Waals surface area contributed by atoms with Crippen molar-refractivity contribution in [2.24, 2.45) is 14.1 Å². The van der Waals surface area contributed by atoms with Crippen LogP contribution < -0.4 is 21.7 Å². The minimum Gasteiger partial charge on any atom is -0.492 e. The predicted octanol–water partition coefficient (Wildman–Crippen LogP) is -0.140. The number of carbonyl (C=O) groups is 1. The van der Waals surface area contributed by atoms with E-state index < -0.39 is 17.0 Å². The number of rotatable bonds is 7. The van der Waals surface area contributed by atoms with Gasteiger partial charge in [0.15, 0.2) is 5.78 Å². The van der Waals surface area contributed by atoms with Crippen molar-refractivity contribution in [3.8, 4) is 5.75 Å². The van der Waals surface area contributed by atoms with E-state index in [0.717, 1.165) is 14.9 Å². The van der Waals surface area contributed by atoms with Crippen molar-refractivity contribution in [1.82, 2.24) is 14.0 Å². The number of ether oxygens (including phenoxy) is 1. The molecule has 25 heavy (non-hydrogen) atoms. The smallest absolute Gasteiger partial charge is 0.332 e. The normalized spacial score (nSPS) is 10.9. The van der Waals surface area contributed by atoms with E-state index in [1.165, 1.54) is 14.1 Å². The highest BCUT2D eigenvalue weighted by molar-refractivity contribution is 6.01. The van der Waals surface area contributed by atoms with Gasteiger partial charge in [-0.25, -0.2) is 4.79 Å². The van der Waals surface area contributed by atoms with Crippen molar-refractivity contribution < 1.29 is 9.53 Å². The summed E-state index contributed by atoms with van der Waals surface area (Å²) in [5.41, 5.74) is 4.38. The summed E-state index contributed by atoms with van der Waals surface area (Å²) in [7, 11) is 4.48. The number of para-hydroxylation sites is 1. The van der Waals surface area contributed by atoms with Crippen LogP contribution in [-0.2, 0) is 14.1 Å². The van der Waals surface area contributed by atoms with Crippen LogP contribution in [0.3, 0.4) is 0 Å². The van der Waals surface area contributed by atoms with Gasteiger partial charge in [0.25, 0.3) is 5.56 Å². The molecule has 0 bridgehead atoms. The molecule has 0 spiro atoms. The minimum atomic E-state index is -0.681. The predicted molar refractivity (Wildman–Crippen MR) is 95.1 cm³/mol. The molecule has 1 heterocycles. The number of nitrogen functional groups attached to an aromatic ring is 1. The SMILES string of the molecule is CN(CCOc1ccccc1)CC(=O)c1c(N)n(C)c(=O)n(C)c1=O. The van der Waals surface area contributed by atoms with Crippen molar-refractivity contribution in [1.29, 1.82) is 0 Å². The van der Waals surface area contributed by atoms with E-state index in [-0.39, 0.29) is 17.9 Å². The Morgan fingerprint density at radius 2 is 1.80 bits per heavy atom. The summed E-state index contributed by atoms with van der Waals surface area (Å²) in [4.78, 5) is 38.2. The molecule has 0 saturated heterocycles. The summed E-state index contributed by atoms with van der Waals surface area (Å²) < 4.78 is 7.54. The number of carbonyl (C=O) groups excluding carboxylic acids is 1. The topological polar surface area (TPSA) is 99.6 Å². The van der Waals surface area contributed by atoms with E-state index in [9.17, 15) is 14.4 Å². The number of benzene rings is 1. The molecule has 1 aromatic carbocycles. The molecular formula is C17H22N4O4. The number of likely N-dealkylation sites (N-methyl/N-ethyl adjacent to an activating group) is 1. The summed E-state index contributed by atoms with van der Waals surface area (Å²) in [5, 5.41) is 0. The molecule has 8 heteroatoms. The largest absolute Gasteiger partial charge is 0.492 e. The van der Waals surface area contributed by atoms with Crippen LogP contribution in [0.5, 0.6) is 5.75 Å². The maximum atomic E-state index is 12.5. The molecule has 0 unspecified atom stereocenters. The third-order valence-electron chi connectivity index (χ3n) is 3.89. The average Bonchev–Trinajstić information content (AvgIpc) is 2.59. The Labute approximate surface area is 145 Å². The Kier molecular flexibility index (Phi) is 5.76. The van der Waals surface area contributed by atoms with Crippen LogP contribution >= 0.6 is 0 Å². The van der Waals surface area contributed by atoms with Crippen LogP contribution in [0.4, 0.5) is 5.82 Å². The van der Waals surface area contributed by atoms with E-state index in [2.05, 4.69) is 0 Å². The molecular weight excluding hydrogens is 324 g/mol. The maximum absolute atomic E-state index is 12.5. The van der Waals surface area contributed by atoms with Crippen molar-refractivity contribution >= 4 is 11.6 Å². The summed E-state index contributed by atoms with van der Waals surface area (Å²) in [6, 6.07) is 9.34. The van der Waals surface area contributed by atoms with Crippen LogP contribution in [0, 0.1) is 0 Å². The van der Waals surface area contributed by atoms with Crippen molar-refractivity contribution in [2.75, 3.05) is 32.5 Å². The zero-order valence-electron chi connectivity index (χ0n) is 14.6.